The van der Waals surface area contributed by atoms with Gasteiger partial charge in [-0.2, -0.15) is 0 Å². The van der Waals surface area contributed by atoms with Gasteiger partial charge in [0.25, 0.3) is 0 Å². The van der Waals surface area contributed by atoms with Crippen LogP contribution in [0.3, 0.4) is 0 Å². The van der Waals surface area contributed by atoms with Gasteiger partial charge >= 0.3 is 0 Å². The zero-order valence-corrected chi connectivity index (χ0v) is 11.9. The Hall–Kier alpha value is -1.29. The molecular formula is C16H23FN2O. The number of hydrogen-bond acceptors (Lipinski definition) is 3. The molecule has 1 heterocycles. The van der Waals surface area contributed by atoms with E-state index in [1.54, 1.807) is 0 Å². The normalized spacial score (nSPS) is 20.2. The van der Waals surface area contributed by atoms with Gasteiger partial charge in [0.2, 0.25) is 0 Å². The molecular weight excluding hydrogens is 255 g/mol. The topological polar surface area (TPSA) is 38.5 Å². The van der Waals surface area contributed by atoms with E-state index in [-0.39, 0.29) is 11.9 Å². The zero-order valence-electron chi connectivity index (χ0n) is 11.9. The van der Waals surface area contributed by atoms with E-state index in [4.69, 9.17) is 10.5 Å². The maximum absolute atomic E-state index is 14.2. The summed E-state index contributed by atoms with van der Waals surface area (Å²) in [6.45, 7) is 2.36. The van der Waals surface area contributed by atoms with Gasteiger partial charge in [0.1, 0.15) is 11.6 Å². The highest BCUT2D eigenvalue weighted by Gasteiger charge is 2.21. The average Bonchev–Trinajstić information content (AvgIpc) is 3.25. The monoisotopic (exact) mass is 278 g/mol. The van der Waals surface area contributed by atoms with Crippen LogP contribution >= 0.6 is 0 Å². The molecule has 0 radical (unpaired) electrons. The first-order valence-corrected chi connectivity index (χ1v) is 7.65. The molecule has 1 aromatic carbocycles. The Morgan fingerprint density at radius 3 is 2.60 bits per heavy atom. The van der Waals surface area contributed by atoms with Crippen LogP contribution in [0.5, 0.6) is 5.75 Å². The molecule has 2 fully saturated rings. The molecule has 0 bridgehead atoms. The fraction of sp³-hybridized carbons (Fsp3) is 0.625. The van der Waals surface area contributed by atoms with Crippen molar-refractivity contribution in [1.82, 2.24) is 0 Å². The van der Waals surface area contributed by atoms with Gasteiger partial charge in [-0.25, -0.2) is 4.39 Å². The molecule has 4 heteroatoms. The van der Waals surface area contributed by atoms with Crippen LogP contribution < -0.4 is 15.4 Å². The number of rotatable bonds is 5. The summed E-state index contributed by atoms with van der Waals surface area (Å²) >= 11 is 0. The molecule has 0 aromatic heterocycles. The third kappa shape index (κ3) is 3.42. The Labute approximate surface area is 119 Å². The van der Waals surface area contributed by atoms with E-state index in [1.165, 1.54) is 18.9 Å². The fourth-order valence-electron chi connectivity index (χ4n) is 2.72. The summed E-state index contributed by atoms with van der Waals surface area (Å²) in [6.07, 6.45) is 5.60. The van der Waals surface area contributed by atoms with Gasteiger partial charge in [0.05, 0.1) is 12.3 Å². The van der Waals surface area contributed by atoms with Crippen molar-refractivity contribution in [3.05, 3.63) is 24.0 Å². The highest BCUT2D eigenvalue weighted by Crippen LogP contribution is 2.32. The Kier molecular flexibility index (Phi) is 4.10. The summed E-state index contributed by atoms with van der Waals surface area (Å²) in [5.41, 5.74) is 6.55. The average molecular weight is 278 g/mol. The number of hydrogen-bond donors (Lipinski definition) is 1. The van der Waals surface area contributed by atoms with Crippen LogP contribution in [0.4, 0.5) is 10.1 Å². The van der Waals surface area contributed by atoms with Crippen molar-refractivity contribution in [1.29, 1.82) is 0 Å². The molecule has 2 N–H and O–H groups in total. The highest BCUT2D eigenvalue weighted by atomic mass is 19.1. The maximum atomic E-state index is 14.2. The molecule has 3 nitrogen and oxygen atoms in total. The summed E-state index contributed by atoms with van der Waals surface area (Å²) in [5, 5.41) is 0. The summed E-state index contributed by atoms with van der Waals surface area (Å²) in [7, 11) is 0. The number of nitrogens with zero attached hydrogens (tertiary/aromatic N) is 1. The van der Waals surface area contributed by atoms with E-state index in [0.29, 0.717) is 18.0 Å². The molecule has 20 heavy (non-hydrogen) atoms. The number of halogens is 1. The summed E-state index contributed by atoms with van der Waals surface area (Å²) < 4.78 is 19.8. The van der Waals surface area contributed by atoms with E-state index >= 15 is 0 Å². The standard InChI is InChI=1S/C16H23FN2O/c17-15-11-14(20-10-7-12-1-2-12)3-4-16(15)19-8-5-13(18)6-9-19/h3-4,11-13H,1-2,5-10,18H2. The van der Waals surface area contributed by atoms with Gasteiger partial charge < -0.3 is 15.4 Å². The fourth-order valence-corrected chi connectivity index (χ4v) is 2.72. The molecule has 0 amide bonds. The number of benzene rings is 1. The SMILES string of the molecule is NC1CCN(c2ccc(OCCC3CC3)cc2F)CC1. The minimum atomic E-state index is -0.190. The van der Waals surface area contributed by atoms with Gasteiger partial charge in [0, 0.05) is 25.2 Å². The molecule has 1 saturated heterocycles. The van der Waals surface area contributed by atoms with Gasteiger partial charge in [-0.05, 0) is 37.3 Å². The number of ether oxygens (including phenoxy) is 1. The first kappa shape index (κ1) is 13.7. The Morgan fingerprint density at radius 2 is 1.95 bits per heavy atom. The minimum Gasteiger partial charge on any atom is -0.493 e. The van der Waals surface area contributed by atoms with Crippen molar-refractivity contribution in [2.75, 3.05) is 24.6 Å². The molecule has 3 rings (SSSR count). The lowest BCUT2D eigenvalue weighted by atomic mass is 10.1. The third-order valence-corrected chi connectivity index (χ3v) is 4.29. The smallest absolute Gasteiger partial charge is 0.150 e. The summed E-state index contributed by atoms with van der Waals surface area (Å²) in [5.74, 6) is 1.29. The van der Waals surface area contributed by atoms with E-state index < -0.39 is 0 Å². The molecule has 2 aliphatic rings. The second-order valence-electron chi connectivity index (χ2n) is 6.02. The predicted molar refractivity (Wildman–Crippen MR) is 78.7 cm³/mol. The van der Waals surface area contributed by atoms with Gasteiger partial charge in [-0.15, -0.1) is 0 Å². The summed E-state index contributed by atoms with van der Waals surface area (Å²) in [6, 6.07) is 5.48. The van der Waals surface area contributed by atoms with Crippen LogP contribution in [0, 0.1) is 11.7 Å². The van der Waals surface area contributed by atoms with Crippen LogP contribution in [0.1, 0.15) is 32.1 Å². The van der Waals surface area contributed by atoms with Crippen LogP contribution in [0.2, 0.25) is 0 Å². The lowest BCUT2D eigenvalue weighted by Crippen LogP contribution is -2.40. The quantitative estimate of drug-likeness (QED) is 0.900. The molecule has 1 aliphatic heterocycles. The van der Waals surface area contributed by atoms with Crippen molar-refractivity contribution < 1.29 is 9.13 Å². The van der Waals surface area contributed by atoms with Crippen LogP contribution in [0.25, 0.3) is 0 Å². The number of piperidine rings is 1. The number of nitrogens with two attached hydrogens (primary N) is 1. The van der Waals surface area contributed by atoms with Gasteiger partial charge in [-0.3, -0.25) is 0 Å². The molecule has 0 spiro atoms. The second kappa shape index (κ2) is 6.00. The van der Waals surface area contributed by atoms with Crippen LogP contribution in [-0.4, -0.2) is 25.7 Å². The molecule has 110 valence electrons. The Bertz CT molecular complexity index is 454. The van der Waals surface area contributed by atoms with Crippen molar-refractivity contribution in [2.45, 2.75) is 38.1 Å². The van der Waals surface area contributed by atoms with Gasteiger partial charge in [0.15, 0.2) is 0 Å². The molecule has 1 aromatic rings. The maximum Gasteiger partial charge on any atom is 0.150 e. The first-order valence-electron chi connectivity index (χ1n) is 7.65. The Balaban J connectivity index is 1.58. The second-order valence-corrected chi connectivity index (χ2v) is 6.02. The lowest BCUT2D eigenvalue weighted by Gasteiger charge is -2.32. The van der Waals surface area contributed by atoms with Crippen molar-refractivity contribution >= 4 is 5.69 Å². The van der Waals surface area contributed by atoms with E-state index in [9.17, 15) is 4.39 Å². The van der Waals surface area contributed by atoms with Crippen molar-refractivity contribution in [2.24, 2.45) is 11.7 Å². The predicted octanol–water partition coefficient (Wildman–Crippen LogP) is 2.93. The third-order valence-electron chi connectivity index (χ3n) is 4.29. The largest absolute Gasteiger partial charge is 0.493 e. The van der Waals surface area contributed by atoms with E-state index in [2.05, 4.69) is 4.90 Å². The van der Waals surface area contributed by atoms with Crippen molar-refractivity contribution in [3.8, 4) is 5.75 Å². The molecule has 0 unspecified atom stereocenters. The van der Waals surface area contributed by atoms with E-state index in [0.717, 1.165) is 38.3 Å². The molecule has 0 atom stereocenters. The van der Waals surface area contributed by atoms with Crippen LogP contribution in [-0.2, 0) is 0 Å². The molecule has 1 saturated carbocycles. The lowest BCUT2D eigenvalue weighted by molar-refractivity contribution is 0.301. The highest BCUT2D eigenvalue weighted by molar-refractivity contribution is 5.51. The first-order chi connectivity index (χ1) is 9.72. The number of anilines is 1. The van der Waals surface area contributed by atoms with Crippen molar-refractivity contribution in [3.63, 3.8) is 0 Å². The van der Waals surface area contributed by atoms with Gasteiger partial charge in [-0.1, -0.05) is 12.8 Å². The zero-order chi connectivity index (χ0) is 13.9. The summed E-state index contributed by atoms with van der Waals surface area (Å²) in [4.78, 5) is 2.08. The molecule has 1 aliphatic carbocycles. The van der Waals surface area contributed by atoms with Crippen LogP contribution in [0.15, 0.2) is 18.2 Å². The Morgan fingerprint density at radius 1 is 1.20 bits per heavy atom. The minimum absolute atomic E-state index is 0.190. The van der Waals surface area contributed by atoms with E-state index in [1.807, 2.05) is 12.1 Å².